The van der Waals surface area contributed by atoms with Gasteiger partial charge in [0.05, 0.1) is 10.7 Å². The molecule has 2 aromatic heterocycles. The lowest BCUT2D eigenvalue weighted by molar-refractivity contribution is 1.10. The van der Waals surface area contributed by atoms with E-state index in [2.05, 4.69) is 43.8 Å². The first kappa shape index (κ1) is 16.5. The van der Waals surface area contributed by atoms with Crippen molar-refractivity contribution in [3.05, 3.63) is 64.4 Å². The van der Waals surface area contributed by atoms with Crippen molar-refractivity contribution in [2.45, 2.75) is 13.3 Å². The molecule has 26 heavy (non-hydrogen) atoms. The number of allylic oxidation sites excluding steroid dienone is 1. The molecule has 0 radical (unpaired) electrons. The Bertz CT molecular complexity index is 1010. The average molecular weight is 364 g/mol. The molecule has 4 rings (SSSR count). The molecule has 1 aliphatic rings. The van der Waals surface area contributed by atoms with Gasteiger partial charge in [0.1, 0.15) is 5.82 Å². The van der Waals surface area contributed by atoms with Crippen molar-refractivity contribution in [3.8, 4) is 11.3 Å². The fourth-order valence-corrected chi connectivity index (χ4v) is 3.19. The van der Waals surface area contributed by atoms with E-state index in [1.807, 2.05) is 44.4 Å². The summed E-state index contributed by atoms with van der Waals surface area (Å²) in [5.74, 6) is 1.30. The summed E-state index contributed by atoms with van der Waals surface area (Å²) in [5, 5.41) is 6.95. The van der Waals surface area contributed by atoms with Crippen molar-refractivity contribution in [2.75, 3.05) is 17.7 Å². The van der Waals surface area contributed by atoms with Crippen LogP contribution in [0.2, 0.25) is 5.02 Å². The van der Waals surface area contributed by atoms with Crippen molar-refractivity contribution in [1.29, 1.82) is 0 Å². The molecule has 6 heteroatoms. The van der Waals surface area contributed by atoms with Gasteiger partial charge < -0.3 is 10.6 Å². The number of hydrogen-bond acceptors (Lipinski definition) is 5. The third-order valence-electron chi connectivity index (χ3n) is 4.27. The Balaban J connectivity index is 1.68. The molecule has 0 fully saturated rings. The predicted octanol–water partition coefficient (Wildman–Crippen LogP) is 4.86. The number of pyridine rings is 1. The molecule has 0 aliphatic heterocycles. The van der Waals surface area contributed by atoms with Gasteiger partial charge in [-0.1, -0.05) is 23.8 Å². The molecule has 2 N–H and O–H groups in total. The number of hydrogen-bond donors (Lipinski definition) is 2. The Morgan fingerprint density at radius 1 is 1.12 bits per heavy atom. The highest BCUT2D eigenvalue weighted by Gasteiger charge is 2.12. The molecular formula is C20H18ClN5. The Kier molecular flexibility index (Phi) is 4.31. The van der Waals surface area contributed by atoms with Gasteiger partial charge in [-0.2, -0.15) is 4.98 Å². The molecule has 0 bridgehead atoms. The second kappa shape index (κ2) is 6.77. The van der Waals surface area contributed by atoms with Crippen LogP contribution in [0.1, 0.15) is 16.8 Å². The fraction of sp³-hybridized carbons (Fsp3) is 0.150. The molecule has 5 nitrogen and oxygen atoms in total. The zero-order valence-corrected chi connectivity index (χ0v) is 15.3. The molecule has 1 aromatic carbocycles. The van der Waals surface area contributed by atoms with Crippen molar-refractivity contribution in [2.24, 2.45) is 0 Å². The summed E-state index contributed by atoms with van der Waals surface area (Å²) < 4.78 is 0. The number of nitrogens with zero attached hydrogens (tertiary/aromatic N) is 3. The Labute approximate surface area is 157 Å². The minimum Gasteiger partial charge on any atom is -0.373 e. The largest absolute Gasteiger partial charge is 0.373 e. The Morgan fingerprint density at radius 2 is 2.00 bits per heavy atom. The number of aromatic nitrogens is 3. The number of anilines is 3. The van der Waals surface area contributed by atoms with Crippen LogP contribution in [0.3, 0.4) is 0 Å². The highest BCUT2D eigenvalue weighted by molar-refractivity contribution is 6.33. The predicted molar refractivity (Wildman–Crippen MR) is 107 cm³/mol. The lowest BCUT2D eigenvalue weighted by Crippen LogP contribution is -2.02. The second-order valence-electron chi connectivity index (χ2n) is 6.16. The van der Waals surface area contributed by atoms with Gasteiger partial charge in [0.15, 0.2) is 0 Å². The van der Waals surface area contributed by atoms with Crippen molar-refractivity contribution in [3.63, 3.8) is 0 Å². The van der Waals surface area contributed by atoms with Crippen LogP contribution in [0.5, 0.6) is 0 Å². The van der Waals surface area contributed by atoms with Crippen LogP contribution in [-0.4, -0.2) is 22.0 Å². The Morgan fingerprint density at radius 3 is 2.85 bits per heavy atom. The van der Waals surface area contributed by atoms with Crippen LogP contribution in [0.4, 0.5) is 17.5 Å². The maximum atomic E-state index is 6.43. The number of nitrogens with one attached hydrogen (secondary N) is 2. The zero-order chi connectivity index (χ0) is 18.1. The summed E-state index contributed by atoms with van der Waals surface area (Å²) in [7, 11) is 1.83. The monoisotopic (exact) mass is 363 g/mol. The standard InChI is InChI=1S/C20H18ClN5/c1-12-8-19(22-2)26-20(24-12)25-15-6-7-17(21)16(10-15)18-9-13-4-3-5-14(13)11-23-18/h3,5-11H,4H2,1-2H3,(H2,22,24,25,26). The molecule has 1 aliphatic carbocycles. The molecule has 3 aromatic rings. The summed E-state index contributed by atoms with van der Waals surface area (Å²) in [6.45, 7) is 1.93. The maximum absolute atomic E-state index is 6.43. The van der Waals surface area contributed by atoms with Gasteiger partial charge in [-0.05, 0) is 48.7 Å². The van der Waals surface area contributed by atoms with E-state index < -0.39 is 0 Å². The van der Waals surface area contributed by atoms with Crippen LogP contribution >= 0.6 is 11.6 Å². The van der Waals surface area contributed by atoms with Crippen LogP contribution in [0.25, 0.3) is 17.3 Å². The van der Waals surface area contributed by atoms with Crippen molar-refractivity contribution >= 4 is 35.1 Å². The summed E-state index contributed by atoms with van der Waals surface area (Å²) in [6, 6.07) is 9.74. The number of aryl methyl sites for hydroxylation is 1. The van der Waals surface area contributed by atoms with Gasteiger partial charge >= 0.3 is 0 Å². The topological polar surface area (TPSA) is 62.7 Å². The molecule has 0 spiro atoms. The molecule has 2 heterocycles. The van der Waals surface area contributed by atoms with E-state index in [1.165, 1.54) is 11.1 Å². The van der Waals surface area contributed by atoms with E-state index in [1.54, 1.807) is 0 Å². The Hall–Kier alpha value is -2.92. The summed E-state index contributed by atoms with van der Waals surface area (Å²) in [5.41, 5.74) is 5.93. The fourth-order valence-electron chi connectivity index (χ4n) is 2.98. The SMILES string of the molecule is CNc1cc(C)nc(Nc2ccc(Cl)c(-c3cc4c(cn3)C=CC4)c2)n1. The van der Waals surface area contributed by atoms with Crippen LogP contribution < -0.4 is 10.6 Å². The number of benzene rings is 1. The van der Waals surface area contributed by atoms with Gasteiger partial charge in [0.25, 0.3) is 0 Å². The molecule has 0 amide bonds. The summed E-state index contributed by atoms with van der Waals surface area (Å²) in [6.07, 6.45) is 7.07. The average Bonchev–Trinajstić information content (AvgIpc) is 3.10. The smallest absolute Gasteiger partial charge is 0.229 e. The summed E-state index contributed by atoms with van der Waals surface area (Å²) in [4.78, 5) is 13.4. The van der Waals surface area contributed by atoms with Crippen LogP contribution in [0.15, 0.2) is 42.6 Å². The first-order valence-corrected chi connectivity index (χ1v) is 8.76. The van der Waals surface area contributed by atoms with E-state index in [0.29, 0.717) is 11.0 Å². The van der Waals surface area contributed by atoms with Crippen LogP contribution in [-0.2, 0) is 6.42 Å². The maximum Gasteiger partial charge on any atom is 0.229 e. The molecule has 0 saturated heterocycles. The van der Waals surface area contributed by atoms with Gasteiger partial charge in [-0.25, -0.2) is 4.98 Å². The normalized spacial score (nSPS) is 12.1. The highest BCUT2D eigenvalue weighted by atomic mass is 35.5. The lowest BCUT2D eigenvalue weighted by Gasteiger charge is -2.11. The minimum atomic E-state index is 0.536. The first-order chi connectivity index (χ1) is 12.6. The van der Waals surface area contributed by atoms with Gasteiger partial charge in [-0.15, -0.1) is 0 Å². The minimum absolute atomic E-state index is 0.536. The molecular weight excluding hydrogens is 346 g/mol. The second-order valence-corrected chi connectivity index (χ2v) is 6.57. The molecule has 130 valence electrons. The molecule has 0 unspecified atom stereocenters. The number of fused-ring (bicyclic) bond motifs is 1. The van der Waals surface area contributed by atoms with E-state index in [9.17, 15) is 0 Å². The van der Waals surface area contributed by atoms with Gasteiger partial charge in [0.2, 0.25) is 5.95 Å². The summed E-state index contributed by atoms with van der Waals surface area (Å²) >= 11 is 6.43. The van der Waals surface area contributed by atoms with Crippen LogP contribution in [0, 0.1) is 6.92 Å². The first-order valence-electron chi connectivity index (χ1n) is 8.38. The van der Waals surface area contributed by atoms with E-state index in [-0.39, 0.29) is 0 Å². The zero-order valence-electron chi connectivity index (χ0n) is 14.5. The number of rotatable bonds is 4. The number of halogens is 1. The van der Waals surface area contributed by atoms with Crippen molar-refractivity contribution in [1.82, 2.24) is 15.0 Å². The van der Waals surface area contributed by atoms with E-state index in [4.69, 9.17) is 11.6 Å². The highest BCUT2D eigenvalue weighted by Crippen LogP contribution is 2.32. The molecule has 0 atom stereocenters. The quantitative estimate of drug-likeness (QED) is 0.693. The third-order valence-corrected chi connectivity index (χ3v) is 4.60. The lowest BCUT2D eigenvalue weighted by atomic mass is 10.1. The van der Waals surface area contributed by atoms with Gasteiger partial charge in [0, 0.05) is 36.3 Å². The third kappa shape index (κ3) is 3.26. The van der Waals surface area contributed by atoms with E-state index >= 15 is 0 Å². The van der Waals surface area contributed by atoms with Gasteiger partial charge in [-0.3, -0.25) is 4.98 Å². The van der Waals surface area contributed by atoms with E-state index in [0.717, 1.165) is 34.9 Å². The molecule has 0 saturated carbocycles. The van der Waals surface area contributed by atoms with Crippen molar-refractivity contribution < 1.29 is 0 Å².